The van der Waals surface area contributed by atoms with Crippen molar-refractivity contribution in [2.45, 2.75) is 0 Å². The number of aromatic nitrogens is 3. The number of nitrogens with one attached hydrogen (secondary N) is 1. The van der Waals surface area contributed by atoms with E-state index in [1.807, 2.05) is 0 Å². The number of rotatable bonds is 2. The molecular formula is C11H8N4O2S. The molecule has 18 heavy (non-hydrogen) atoms. The Balaban J connectivity index is 2.17. The molecular weight excluding hydrogens is 252 g/mol. The summed E-state index contributed by atoms with van der Waals surface area (Å²) in [7, 11) is 0. The summed E-state index contributed by atoms with van der Waals surface area (Å²) in [5, 5.41) is 16.4. The van der Waals surface area contributed by atoms with Crippen molar-refractivity contribution in [1.82, 2.24) is 15.2 Å². The molecule has 0 saturated heterocycles. The van der Waals surface area contributed by atoms with Gasteiger partial charge in [0.2, 0.25) is 0 Å². The maximum atomic E-state index is 11.1. The molecule has 0 unspecified atom stereocenters. The summed E-state index contributed by atoms with van der Waals surface area (Å²) in [4.78, 5) is 15.1. The van der Waals surface area contributed by atoms with Gasteiger partial charge in [-0.05, 0) is 24.3 Å². The fraction of sp³-hybridized carbons (Fsp3) is 0. The van der Waals surface area contributed by atoms with Crippen molar-refractivity contribution in [3.8, 4) is 17.0 Å². The van der Waals surface area contributed by atoms with Gasteiger partial charge in [-0.3, -0.25) is 9.89 Å². The van der Waals surface area contributed by atoms with Gasteiger partial charge in [0.15, 0.2) is 10.7 Å². The number of phenolic OH excluding ortho intramolecular Hbond substituents is 1. The van der Waals surface area contributed by atoms with Crippen LogP contribution in [-0.2, 0) is 0 Å². The van der Waals surface area contributed by atoms with Gasteiger partial charge in [-0.1, -0.05) is 0 Å². The number of nitrogens with two attached hydrogens (primary N) is 1. The summed E-state index contributed by atoms with van der Waals surface area (Å²) in [5.41, 5.74) is 7.27. The molecule has 90 valence electrons. The van der Waals surface area contributed by atoms with Crippen LogP contribution in [0.5, 0.6) is 5.75 Å². The number of thiazole rings is 1. The lowest BCUT2D eigenvalue weighted by atomic mass is 10.1. The van der Waals surface area contributed by atoms with Crippen LogP contribution in [0.2, 0.25) is 0 Å². The molecule has 4 N–H and O–H groups in total. The zero-order chi connectivity index (χ0) is 12.7. The fourth-order valence-electron chi connectivity index (χ4n) is 1.64. The molecule has 0 aliphatic rings. The minimum atomic E-state index is -0.561. The largest absolute Gasteiger partial charge is 0.508 e. The first-order valence-corrected chi connectivity index (χ1v) is 5.91. The molecule has 0 saturated carbocycles. The average Bonchev–Trinajstić information content (AvgIpc) is 2.89. The van der Waals surface area contributed by atoms with E-state index >= 15 is 0 Å². The Bertz CT molecular complexity index is 729. The number of hydrogen-bond donors (Lipinski definition) is 3. The highest BCUT2D eigenvalue weighted by atomic mass is 32.1. The molecule has 3 rings (SSSR count). The molecule has 6 nitrogen and oxygen atoms in total. The SMILES string of the molecule is NC(=O)c1nc2n[nH]c(-c3ccc(O)cc3)c2s1. The van der Waals surface area contributed by atoms with Gasteiger partial charge in [-0.15, -0.1) is 11.3 Å². The molecule has 0 radical (unpaired) electrons. The second-order valence-corrected chi connectivity index (χ2v) is 4.68. The van der Waals surface area contributed by atoms with Crippen molar-refractivity contribution in [3.05, 3.63) is 29.3 Å². The van der Waals surface area contributed by atoms with Gasteiger partial charge in [0, 0.05) is 5.56 Å². The van der Waals surface area contributed by atoms with Crippen LogP contribution in [0.3, 0.4) is 0 Å². The van der Waals surface area contributed by atoms with Crippen molar-refractivity contribution >= 4 is 27.6 Å². The van der Waals surface area contributed by atoms with E-state index in [0.29, 0.717) is 5.65 Å². The summed E-state index contributed by atoms with van der Waals surface area (Å²) in [5.74, 6) is -0.369. The summed E-state index contributed by atoms with van der Waals surface area (Å²) < 4.78 is 0.773. The lowest BCUT2D eigenvalue weighted by Gasteiger charge is -1.97. The van der Waals surface area contributed by atoms with Crippen LogP contribution in [0.4, 0.5) is 0 Å². The number of carbonyl (C=O) groups excluding carboxylic acids is 1. The highest BCUT2D eigenvalue weighted by Gasteiger charge is 2.15. The van der Waals surface area contributed by atoms with E-state index in [4.69, 9.17) is 5.73 Å². The highest BCUT2D eigenvalue weighted by Crippen LogP contribution is 2.31. The summed E-state index contributed by atoms with van der Waals surface area (Å²) in [6, 6.07) is 6.67. The molecule has 1 aromatic carbocycles. The predicted molar refractivity (Wildman–Crippen MR) is 67.4 cm³/mol. The van der Waals surface area contributed by atoms with Crippen molar-refractivity contribution in [3.63, 3.8) is 0 Å². The Kier molecular flexibility index (Phi) is 2.27. The normalized spacial score (nSPS) is 10.9. The first-order chi connectivity index (χ1) is 8.65. The molecule has 0 bridgehead atoms. The number of benzene rings is 1. The predicted octanol–water partition coefficient (Wildman–Crippen LogP) is 1.49. The second kappa shape index (κ2) is 3.81. The van der Waals surface area contributed by atoms with Crippen LogP contribution in [0, 0.1) is 0 Å². The van der Waals surface area contributed by atoms with Crippen molar-refractivity contribution in [1.29, 1.82) is 0 Å². The fourth-order valence-corrected chi connectivity index (χ4v) is 2.51. The van der Waals surface area contributed by atoms with Crippen LogP contribution in [0.15, 0.2) is 24.3 Å². The quantitative estimate of drug-likeness (QED) is 0.649. The first kappa shape index (κ1) is 10.7. The number of H-pyrrole nitrogens is 1. The van der Waals surface area contributed by atoms with E-state index in [1.54, 1.807) is 24.3 Å². The third kappa shape index (κ3) is 1.61. The van der Waals surface area contributed by atoms with E-state index in [2.05, 4.69) is 15.2 Å². The maximum Gasteiger partial charge on any atom is 0.277 e. The molecule has 7 heteroatoms. The molecule has 2 heterocycles. The highest BCUT2D eigenvalue weighted by molar-refractivity contribution is 7.20. The van der Waals surface area contributed by atoms with Gasteiger partial charge in [0.05, 0.1) is 5.69 Å². The molecule has 0 aliphatic carbocycles. The third-order valence-corrected chi connectivity index (χ3v) is 3.55. The van der Waals surface area contributed by atoms with Gasteiger partial charge in [-0.25, -0.2) is 4.98 Å². The number of aromatic hydroxyl groups is 1. The first-order valence-electron chi connectivity index (χ1n) is 5.09. The van der Waals surface area contributed by atoms with E-state index in [0.717, 1.165) is 16.0 Å². The van der Waals surface area contributed by atoms with Crippen LogP contribution in [0.1, 0.15) is 9.80 Å². The lowest BCUT2D eigenvalue weighted by molar-refractivity contribution is 0.1000. The Morgan fingerprint density at radius 3 is 2.72 bits per heavy atom. The van der Waals surface area contributed by atoms with Crippen molar-refractivity contribution < 1.29 is 9.90 Å². The molecule has 1 amide bonds. The van der Waals surface area contributed by atoms with Crippen LogP contribution in [-0.4, -0.2) is 26.2 Å². The van der Waals surface area contributed by atoms with Crippen LogP contribution in [0.25, 0.3) is 21.6 Å². The van der Waals surface area contributed by atoms with Crippen molar-refractivity contribution in [2.24, 2.45) is 5.73 Å². The maximum absolute atomic E-state index is 11.1. The van der Waals surface area contributed by atoms with Gasteiger partial charge in [-0.2, -0.15) is 5.10 Å². The Labute approximate surface area is 105 Å². The number of aromatic amines is 1. The summed E-state index contributed by atoms with van der Waals surface area (Å²) in [6.45, 7) is 0. The number of phenols is 1. The molecule has 0 atom stereocenters. The zero-order valence-electron chi connectivity index (χ0n) is 9.04. The zero-order valence-corrected chi connectivity index (χ0v) is 9.86. The number of carbonyl (C=O) groups is 1. The molecule has 3 aromatic rings. The Morgan fingerprint density at radius 1 is 1.33 bits per heavy atom. The minimum Gasteiger partial charge on any atom is -0.508 e. The van der Waals surface area contributed by atoms with Gasteiger partial charge in [0.1, 0.15) is 10.4 Å². The summed E-state index contributed by atoms with van der Waals surface area (Å²) in [6.07, 6.45) is 0. The second-order valence-electron chi connectivity index (χ2n) is 3.68. The van der Waals surface area contributed by atoms with Gasteiger partial charge >= 0.3 is 0 Å². The number of amides is 1. The molecule has 0 spiro atoms. The van der Waals surface area contributed by atoms with Crippen LogP contribution >= 0.6 is 11.3 Å². The van der Waals surface area contributed by atoms with E-state index in [1.165, 1.54) is 11.3 Å². The summed E-state index contributed by atoms with van der Waals surface area (Å²) >= 11 is 1.20. The number of nitrogens with zero attached hydrogens (tertiary/aromatic N) is 2. The monoisotopic (exact) mass is 260 g/mol. The number of hydrogen-bond acceptors (Lipinski definition) is 5. The smallest absolute Gasteiger partial charge is 0.277 e. The Morgan fingerprint density at radius 2 is 2.06 bits per heavy atom. The third-order valence-electron chi connectivity index (χ3n) is 2.48. The minimum absolute atomic E-state index is 0.191. The topological polar surface area (TPSA) is 105 Å². The number of fused-ring (bicyclic) bond motifs is 1. The number of primary amides is 1. The van der Waals surface area contributed by atoms with Crippen LogP contribution < -0.4 is 5.73 Å². The van der Waals surface area contributed by atoms with E-state index < -0.39 is 5.91 Å². The van der Waals surface area contributed by atoms with Gasteiger partial charge < -0.3 is 10.8 Å². The standard InChI is InChI=1S/C11H8N4O2S/c12-9(17)11-13-10-8(18-11)7(14-15-10)5-1-3-6(16)4-2-5/h1-4,16H,(H2,12,17)(H,14,15). The molecule has 0 aliphatic heterocycles. The van der Waals surface area contributed by atoms with E-state index in [-0.39, 0.29) is 10.8 Å². The Hall–Kier alpha value is -2.41. The molecule has 0 fully saturated rings. The average molecular weight is 260 g/mol. The molecule has 2 aromatic heterocycles. The van der Waals surface area contributed by atoms with Crippen molar-refractivity contribution in [2.75, 3.05) is 0 Å². The van der Waals surface area contributed by atoms with Gasteiger partial charge in [0.25, 0.3) is 5.91 Å². The van der Waals surface area contributed by atoms with E-state index in [9.17, 15) is 9.90 Å². The lowest BCUT2D eigenvalue weighted by Crippen LogP contribution is -2.09.